The van der Waals surface area contributed by atoms with E-state index >= 15 is 0 Å². The van der Waals surface area contributed by atoms with E-state index in [4.69, 9.17) is 21.1 Å². The molecule has 4 nitrogen and oxygen atoms in total. The quantitative estimate of drug-likeness (QED) is 0.546. The molecule has 0 bridgehead atoms. The number of hydrogen-bond acceptors (Lipinski definition) is 4. The molecular weight excluding hydrogens is 278 g/mol. The molecule has 0 saturated heterocycles. The van der Waals surface area contributed by atoms with E-state index in [1.165, 1.54) is 0 Å². The second-order valence-corrected chi connectivity index (χ2v) is 5.37. The number of nitrogens with zero attached hydrogens (tertiary/aromatic N) is 1. The SMILES string of the molecule is CC(C)OC(=O)CN(C)CCCOc1cccc(Cl)c1. The highest BCUT2D eigenvalue weighted by molar-refractivity contribution is 6.30. The average molecular weight is 300 g/mol. The van der Waals surface area contributed by atoms with Crippen LogP contribution in [0.5, 0.6) is 5.75 Å². The molecule has 0 spiro atoms. The second-order valence-electron chi connectivity index (χ2n) is 4.94. The minimum Gasteiger partial charge on any atom is -0.493 e. The van der Waals surface area contributed by atoms with Crippen LogP contribution in [0.25, 0.3) is 0 Å². The van der Waals surface area contributed by atoms with Crippen molar-refractivity contribution in [3.05, 3.63) is 29.3 Å². The maximum atomic E-state index is 11.4. The molecule has 0 aliphatic rings. The van der Waals surface area contributed by atoms with Gasteiger partial charge in [0.1, 0.15) is 5.75 Å². The standard InChI is InChI=1S/C15H22ClNO3/c1-12(2)20-15(18)11-17(3)8-5-9-19-14-7-4-6-13(16)10-14/h4,6-7,10,12H,5,8-9,11H2,1-3H3. The van der Waals surface area contributed by atoms with Crippen molar-refractivity contribution in [2.45, 2.75) is 26.4 Å². The summed E-state index contributed by atoms with van der Waals surface area (Å²) >= 11 is 5.87. The Morgan fingerprint density at radius 3 is 2.80 bits per heavy atom. The van der Waals surface area contributed by atoms with Gasteiger partial charge in [-0.25, -0.2) is 0 Å². The molecular formula is C15H22ClNO3. The summed E-state index contributed by atoms with van der Waals surface area (Å²) in [6.07, 6.45) is 0.764. The van der Waals surface area contributed by atoms with Crippen LogP contribution in [-0.4, -0.2) is 43.7 Å². The fraction of sp³-hybridized carbons (Fsp3) is 0.533. The van der Waals surface area contributed by atoms with Crippen LogP contribution in [0, 0.1) is 0 Å². The highest BCUT2D eigenvalue weighted by Gasteiger charge is 2.09. The van der Waals surface area contributed by atoms with Crippen molar-refractivity contribution in [3.63, 3.8) is 0 Å². The number of likely N-dealkylation sites (N-methyl/N-ethyl adjacent to an activating group) is 1. The van der Waals surface area contributed by atoms with Crippen LogP contribution in [0.3, 0.4) is 0 Å². The smallest absolute Gasteiger partial charge is 0.320 e. The molecule has 0 heterocycles. The van der Waals surface area contributed by atoms with Gasteiger partial charge in [-0.05, 0) is 45.5 Å². The Morgan fingerprint density at radius 1 is 1.40 bits per heavy atom. The summed E-state index contributed by atoms with van der Waals surface area (Å²) in [5.41, 5.74) is 0. The number of ether oxygens (including phenoxy) is 2. The van der Waals surface area contributed by atoms with Crippen molar-refractivity contribution in [2.75, 3.05) is 26.7 Å². The Morgan fingerprint density at radius 2 is 2.15 bits per heavy atom. The third-order valence-electron chi connectivity index (χ3n) is 2.52. The molecule has 0 fully saturated rings. The van der Waals surface area contributed by atoms with E-state index in [0.717, 1.165) is 18.7 Å². The molecule has 1 aromatic carbocycles. The summed E-state index contributed by atoms with van der Waals surface area (Å²) in [7, 11) is 1.89. The van der Waals surface area contributed by atoms with Crippen LogP contribution in [-0.2, 0) is 9.53 Å². The Kier molecular flexibility index (Phi) is 7.41. The number of carbonyl (C=O) groups excluding carboxylic acids is 1. The molecule has 0 unspecified atom stereocenters. The lowest BCUT2D eigenvalue weighted by Crippen LogP contribution is -2.30. The van der Waals surface area contributed by atoms with Gasteiger partial charge in [0, 0.05) is 11.6 Å². The second kappa shape index (κ2) is 8.82. The predicted molar refractivity (Wildman–Crippen MR) is 80.3 cm³/mol. The molecule has 0 aromatic heterocycles. The van der Waals surface area contributed by atoms with Crippen LogP contribution in [0.15, 0.2) is 24.3 Å². The van der Waals surface area contributed by atoms with Crippen LogP contribution < -0.4 is 4.74 Å². The van der Waals surface area contributed by atoms with E-state index in [1.54, 1.807) is 6.07 Å². The molecule has 0 amide bonds. The van der Waals surface area contributed by atoms with Gasteiger partial charge in [-0.3, -0.25) is 9.69 Å². The molecule has 0 saturated carbocycles. The number of carbonyl (C=O) groups is 1. The topological polar surface area (TPSA) is 38.8 Å². The first-order valence-electron chi connectivity index (χ1n) is 6.74. The first kappa shape index (κ1) is 16.8. The lowest BCUT2D eigenvalue weighted by Gasteiger charge is -2.17. The molecule has 0 aliphatic carbocycles. The van der Waals surface area contributed by atoms with Gasteiger partial charge in [0.05, 0.1) is 19.3 Å². The molecule has 0 radical (unpaired) electrons. The molecule has 0 N–H and O–H groups in total. The lowest BCUT2D eigenvalue weighted by molar-refractivity contribution is -0.148. The Bertz CT molecular complexity index is 423. The lowest BCUT2D eigenvalue weighted by atomic mass is 10.3. The van der Waals surface area contributed by atoms with Crippen LogP contribution >= 0.6 is 11.6 Å². The van der Waals surface area contributed by atoms with Gasteiger partial charge in [-0.1, -0.05) is 17.7 Å². The van der Waals surface area contributed by atoms with Gasteiger partial charge < -0.3 is 9.47 Å². The minimum absolute atomic E-state index is 0.0675. The van der Waals surface area contributed by atoms with Gasteiger partial charge in [-0.15, -0.1) is 0 Å². The molecule has 112 valence electrons. The largest absolute Gasteiger partial charge is 0.493 e. The predicted octanol–water partition coefficient (Wildman–Crippen LogP) is 2.99. The minimum atomic E-state index is -0.196. The molecule has 0 atom stereocenters. The van der Waals surface area contributed by atoms with Gasteiger partial charge in [0.15, 0.2) is 0 Å². The van der Waals surface area contributed by atoms with Gasteiger partial charge in [-0.2, -0.15) is 0 Å². The van der Waals surface area contributed by atoms with Gasteiger partial charge >= 0.3 is 5.97 Å². The number of halogens is 1. The average Bonchev–Trinajstić information content (AvgIpc) is 2.33. The summed E-state index contributed by atoms with van der Waals surface area (Å²) in [6.45, 7) is 5.35. The van der Waals surface area contributed by atoms with E-state index in [0.29, 0.717) is 18.2 Å². The van der Waals surface area contributed by atoms with E-state index in [9.17, 15) is 4.79 Å². The van der Waals surface area contributed by atoms with Crippen molar-refractivity contribution in [1.29, 1.82) is 0 Å². The first-order valence-corrected chi connectivity index (χ1v) is 7.11. The fourth-order valence-corrected chi connectivity index (χ4v) is 1.86. The summed E-state index contributed by atoms with van der Waals surface area (Å²) < 4.78 is 10.7. The number of rotatable bonds is 8. The molecule has 0 aliphatic heterocycles. The molecule has 20 heavy (non-hydrogen) atoms. The molecule has 1 rings (SSSR count). The highest BCUT2D eigenvalue weighted by Crippen LogP contribution is 2.17. The molecule has 1 aromatic rings. The third kappa shape index (κ3) is 7.36. The molecule has 5 heteroatoms. The zero-order valence-electron chi connectivity index (χ0n) is 12.3. The van der Waals surface area contributed by atoms with Crippen LogP contribution in [0.1, 0.15) is 20.3 Å². The van der Waals surface area contributed by atoms with E-state index < -0.39 is 0 Å². The summed E-state index contributed by atoms with van der Waals surface area (Å²) in [5, 5.41) is 0.663. The number of esters is 1. The Balaban J connectivity index is 2.16. The van der Waals surface area contributed by atoms with Crippen LogP contribution in [0.4, 0.5) is 0 Å². The van der Waals surface area contributed by atoms with Crippen molar-refractivity contribution in [1.82, 2.24) is 4.90 Å². The summed E-state index contributed by atoms with van der Waals surface area (Å²) in [6, 6.07) is 7.31. The van der Waals surface area contributed by atoms with Gasteiger partial charge in [0.2, 0.25) is 0 Å². The Hall–Kier alpha value is -1.26. The van der Waals surface area contributed by atoms with E-state index in [2.05, 4.69) is 0 Å². The fourth-order valence-electron chi connectivity index (χ4n) is 1.68. The van der Waals surface area contributed by atoms with Crippen LogP contribution in [0.2, 0.25) is 5.02 Å². The monoisotopic (exact) mass is 299 g/mol. The number of benzene rings is 1. The van der Waals surface area contributed by atoms with Crippen molar-refractivity contribution in [3.8, 4) is 5.75 Å². The van der Waals surface area contributed by atoms with Crippen molar-refractivity contribution in [2.24, 2.45) is 0 Å². The maximum absolute atomic E-state index is 11.4. The van der Waals surface area contributed by atoms with Crippen molar-refractivity contribution < 1.29 is 14.3 Å². The summed E-state index contributed by atoms with van der Waals surface area (Å²) in [4.78, 5) is 13.4. The zero-order chi connectivity index (χ0) is 15.0. The maximum Gasteiger partial charge on any atom is 0.320 e. The number of hydrogen-bond donors (Lipinski definition) is 0. The summed E-state index contributed by atoms with van der Waals surface area (Å²) in [5.74, 6) is 0.567. The zero-order valence-corrected chi connectivity index (χ0v) is 13.0. The third-order valence-corrected chi connectivity index (χ3v) is 2.75. The normalized spacial score (nSPS) is 10.9. The van der Waals surface area contributed by atoms with Crippen molar-refractivity contribution >= 4 is 17.6 Å². The Labute approximate surface area is 125 Å². The van der Waals surface area contributed by atoms with E-state index in [1.807, 2.05) is 44.0 Å². The highest BCUT2D eigenvalue weighted by atomic mass is 35.5. The first-order chi connectivity index (χ1) is 9.47. The van der Waals surface area contributed by atoms with E-state index in [-0.39, 0.29) is 12.1 Å². The van der Waals surface area contributed by atoms with Gasteiger partial charge in [0.25, 0.3) is 0 Å².